The molecule has 2 rings (SSSR count). The second kappa shape index (κ2) is 8.62. The minimum atomic E-state index is -3.06. The van der Waals surface area contributed by atoms with Gasteiger partial charge in [-0.15, -0.1) is 0 Å². The average molecular weight is 350 g/mol. The van der Waals surface area contributed by atoms with Gasteiger partial charge in [-0.25, -0.2) is 4.99 Å². The van der Waals surface area contributed by atoms with Crippen molar-refractivity contribution in [3.8, 4) is 0 Å². The molecule has 0 saturated heterocycles. The van der Waals surface area contributed by atoms with E-state index in [1.54, 1.807) is 12.1 Å². The summed E-state index contributed by atoms with van der Waals surface area (Å²) in [7, 11) is 0. The highest BCUT2D eigenvalue weighted by Gasteiger charge is 2.27. The molecule has 5 nitrogen and oxygen atoms in total. The van der Waals surface area contributed by atoms with E-state index in [9.17, 15) is 8.78 Å². The molecule has 1 aromatic rings. The first-order valence-corrected chi connectivity index (χ1v) is 8.23. The van der Waals surface area contributed by atoms with E-state index < -0.39 is 5.92 Å². The van der Waals surface area contributed by atoms with Crippen molar-refractivity contribution in [3.05, 3.63) is 60.0 Å². The lowest BCUT2D eigenvalue weighted by Gasteiger charge is -2.26. The fourth-order valence-corrected chi connectivity index (χ4v) is 2.31. The third kappa shape index (κ3) is 5.29. The maximum absolute atomic E-state index is 13.7. The number of rotatable bonds is 9. The van der Waals surface area contributed by atoms with Crippen LogP contribution in [0.2, 0.25) is 0 Å². The van der Waals surface area contributed by atoms with Crippen LogP contribution in [0.3, 0.4) is 0 Å². The van der Waals surface area contributed by atoms with E-state index in [-0.39, 0.29) is 18.3 Å². The summed E-state index contributed by atoms with van der Waals surface area (Å²) in [4.78, 5) is 4.00. The van der Waals surface area contributed by atoms with Crippen molar-refractivity contribution in [1.29, 1.82) is 0 Å². The van der Waals surface area contributed by atoms with Crippen LogP contribution in [-0.4, -0.2) is 18.7 Å². The Morgan fingerprint density at radius 1 is 1.48 bits per heavy atom. The lowest BCUT2D eigenvalue weighted by Crippen LogP contribution is -2.51. The van der Waals surface area contributed by atoms with Crippen LogP contribution >= 0.6 is 0 Å². The summed E-state index contributed by atoms with van der Waals surface area (Å²) in [6, 6.07) is 6.09. The monoisotopic (exact) mass is 350 g/mol. The van der Waals surface area contributed by atoms with E-state index in [0.717, 1.165) is 19.4 Å². The Balaban J connectivity index is 2.03. The van der Waals surface area contributed by atoms with Crippen LogP contribution in [0.15, 0.2) is 53.9 Å². The molecule has 25 heavy (non-hydrogen) atoms. The highest BCUT2D eigenvalue weighted by Crippen LogP contribution is 2.29. The first-order chi connectivity index (χ1) is 12.0. The molecule has 0 aliphatic carbocycles. The number of unbranched alkanes of at least 4 members (excludes halogenated alkanes) is 1. The number of alkyl halides is 2. The van der Waals surface area contributed by atoms with Crippen molar-refractivity contribution in [1.82, 2.24) is 10.6 Å². The van der Waals surface area contributed by atoms with Gasteiger partial charge in [0.05, 0.1) is 6.20 Å². The van der Waals surface area contributed by atoms with Gasteiger partial charge >= 0.3 is 0 Å². The number of nitrogens with zero attached hydrogens (tertiary/aromatic N) is 1. The normalized spacial score (nSPS) is 17.3. The number of ether oxygens (including phenoxy) is 1. The first-order valence-electron chi connectivity index (χ1n) is 8.23. The lowest BCUT2D eigenvalue weighted by molar-refractivity contribution is 0.0523. The number of nitrogens with two attached hydrogens (primary N) is 1. The van der Waals surface area contributed by atoms with E-state index in [1.807, 2.05) is 0 Å². The van der Waals surface area contributed by atoms with Crippen LogP contribution in [0, 0.1) is 0 Å². The Bertz CT molecular complexity index is 658. The van der Waals surface area contributed by atoms with Gasteiger partial charge in [-0.05, 0) is 30.7 Å². The predicted octanol–water partition coefficient (Wildman–Crippen LogP) is 2.96. The summed E-state index contributed by atoms with van der Waals surface area (Å²) in [5, 5.41) is 6.28. The molecule has 1 unspecified atom stereocenters. The highest BCUT2D eigenvalue weighted by atomic mass is 19.3. The van der Waals surface area contributed by atoms with E-state index in [2.05, 4.69) is 29.1 Å². The van der Waals surface area contributed by atoms with Gasteiger partial charge in [-0.2, -0.15) is 8.78 Å². The maximum atomic E-state index is 13.7. The maximum Gasteiger partial charge on any atom is 0.291 e. The lowest BCUT2D eigenvalue weighted by atomic mass is 10.1. The number of hydrogen-bond donors (Lipinski definition) is 3. The first kappa shape index (κ1) is 18.9. The van der Waals surface area contributed by atoms with Crippen LogP contribution in [0.4, 0.5) is 8.78 Å². The third-order valence-electron chi connectivity index (χ3n) is 3.76. The molecule has 1 heterocycles. The van der Waals surface area contributed by atoms with Crippen molar-refractivity contribution in [2.45, 2.75) is 38.5 Å². The molecule has 7 heteroatoms. The topological polar surface area (TPSA) is 71.7 Å². The molecule has 0 aromatic heterocycles. The summed E-state index contributed by atoms with van der Waals surface area (Å²) >= 11 is 0. The van der Waals surface area contributed by atoms with Crippen molar-refractivity contribution in [2.24, 2.45) is 10.7 Å². The molecular weight excluding hydrogens is 326 g/mol. The van der Waals surface area contributed by atoms with E-state index in [1.165, 1.54) is 18.3 Å². The van der Waals surface area contributed by atoms with Crippen molar-refractivity contribution in [3.63, 3.8) is 0 Å². The Kier molecular flexibility index (Phi) is 6.52. The SMILES string of the molecule is C=CC(F)(F)c1cccc(COC2=CN=C(N)NC2NCCCC)c1. The molecule has 0 spiro atoms. The van der Waals surface area contributed by atoms with E-state index in [0.29, 0.717) is 23.4 Å². The van der Waals surface area contributed by atoms with Gasteiger partial charge in [0.25, 0.3) is 5.92 Å². The van der Waals surface area contributed by atoms with Gasteiger partial charge in [-0.3, -0.25) is 5.32 Å². The zero-order valence-electron chi connectivity index (χ0n) is 14.3. The predicted molar refractivity (Wildman–Crippen MR) is 94.9 cm³/mol. The smallest absolute Gasteiger partial charge is 0.291 e. The van der Waals surface area contributed by atoms with Gasteiger partial charge in [0.15, 0.2) is 11.7 Å². The van der Waals surface area contributed by atoms with Gasteiger partial charge in [0.2, 0.25) is 0 Å². The van der Waals surface area contributed by atoms with Crippen molar-refractivity contribution >= 4 is 5.96 Å². The summed E-state index contributed by atoms with van der Waals surface area (Å²) in [5.41, 5.74) is 6.21. The summed E-state index contributed by atoms with van der Waals surface area (Å²) in [5.74, 6) is -2.20. The number of benzene rings is 1. The Hall–Kier alpha value is -2.41. The van der Waals surface area contributed by atoms with Crippen molar-refractivity contribution < 1.29 is 13.5 Å². The summed E-state index contributed by atoms with van der Waals surface area (Å²) in [6.45, 7) is 6.22. The second-order valence-electron chi connectivity index (χ2n) is 5.75. The number of halogens is 2. The molecule has 0 amide bonds. The van der Waals surface area contributed by atoms with Gasteiger partial charge in [0.1, 0.15) is 12.8 Å². The average Bonchev–Trinajstić information content (AvgIpc) is 2.61. The molecule has 1 aromatic carbocycles. The molecule has 1 atom stereocenters. The second-order valence-corrected chi connectivity index (χ2v) is 5.75. The standard InChI is InChI=1S/C18H24F2N4O/c1-3-5-9-22-16-15(11-23-17(21)24-16)25-12-13-7-6-8-14(10-13)18(19,20)4-2/h4,6-8,10-11,16,22H,2-3,5,9,12H2,1H3,(H3,21,23,24). The number of nitrogens with one attached hydrogen (secondary N) is 2. The number of aliphatic imine (C=N–C) groups is 1. The van der Waals surface area contributed by atoms with Crippen LogP contribution in [0.1, 0.15) is 30.9 Å². The number of allylic oxidation sites excluding steroid dienone is 1. The van der Waals surface area contributed by atoms with E-state index >= 15 is 0 Å². The molecule has 136 valence electrons. The van der Waals surface area contributed by atoms with E-state index in [4.69, 9.17) is 10.5 Å². The largest absolute Gasteiger partial charge is 0.488 e. The van der Waals surface area contributed by atoms with Gasteiger partial charge in [-0.1, -0.05) is 38.1 Å². The molecule has 0 saturated carbocycles. The zero-order valence-corrected chi connectivity index (χ0v) is 14.3. The molecular formula is C18H24F2N4O. The number of guanidine groups is 1. The molecule has 1 aliphatic heterocycles. The van der Waals surface area contributed by atoms with Crippen LogP contribution in [0.25, 0.3) is 0 Å². The fourth-order valence-electron chi connectivity index (χ4n) is 2.31. The molecule has 0 radical (unpaired) electrons. The zero-order chi connectivity index (χ0) is 18.3. The molecule has 4 N–H and O–H groups in total. The minimum absolute atomic E-state index is 0.112. The molecule has 0 bridgehead atoms. The minimum Gasteiger partial charge on any atom is -0.488 e. The van der Waals surface area contributed by atoms with Gasteiger partial charge in [0, 0.05) is 5.56 Å². The highest BCUT2D eigenvalue weighted by molar-refractivity contribution is 5.80. The van der Waals surface area contributed by atoms with Crippen LogP contribution < -0.4 is 16.4 Å². The Morgan fingerprint density at radius 2 is 2.28 bits per heavy atom. The quantitative estimate of drug-likeness (QED) is 0.473. The van der Waals surface area contributed by atoms with Crippen LogP contribution in [0.5, 0.6) is 0 Å². The summed E-state index contributed by atoms with van der Waals surface area (Å²) < 4.78 is 33.2. The van der Waals surface area contributed by atoms with Gasteiger partial charge < -0.3 is 15.8 Å². The molecule has 1 aliphatic rings. The Morgan fingerprint density at radius 3 is 3.00 bits per heavy atom. The Labute approximate surface area is 146 Å². The third-order valence-corrected chi connectivity index (χ3v) is 3.76. The molecule has 0 fully saturated rings. The summed E-state index contributed by atoms with van der Waals surface area (Å²) in [6.07, 6.45) is 3.96. The van der Waals surface area contributed by atoms with Crippen LogP contribution in [-0.2, 0) is 17.3 Å². The number of hydrogen-bond acceptors (Lipinski definition) is 5. The van der Waals surface area contributed by atoms with Crippen molar-refractivity contribution in [2.75, 3.05) is 6.54 Å². The fraction of sp³-hybridized carbons (Fsp3) is 0.389.